The Bertz CT molecular complexity index is 393. The molecule has 0 bridgehead atoms. The maximum atomic E-state index is 10.7. The fourth-order valence-corrected chi connectivity index (χ4v) is 1.19. The zero-order valence-electron chi connectivity index (χ0n) is 6.69. The first kappa shape index (κ1) is 7.66. The van der Waals surface area contributed by atoms with Gasteiger partial charge >= 0.3 is 5.97 Å². The van der Waals surface area contributed by atoms with Crippen LogP contribution in [0.5, 0.6) is 0 Å². The normalized spacial score (nSPS) is 14.3. The van der Waals surface area contributed by atoms with Crippen LogP contribution >= 0.6 is 0 Å². The number of fused-ring (bicyclic) bond motifs is 1. The average Bonchev–Trinajstić information content (AvgIpc) is 2.46. The van der Waals surface area contributed by atoms with Gasteiger partial charge in [-0.25, -0.2) is 9.48 Å². The fourth-order valence-electron chi connectivity index (χ4n) is 1.19. The molecule has 68 valence electrons. The number of nitrogens with one attached hydrogen (secondary N) is 1. The molecule has 2 rings (SSSR count). The summed E-state index contributed by atoms with van der Waals surface area (Å²) in [6.07, 6.45) is 2.88. The monoisotopic (exact) mass is 180 g/mol. The lowest BCUT2D eigenvalue weighted by Gasteiger charge is -2.13. The molecule has 0 spiro atoms. The van der Waals surface area contributed by atoms with Gasteiger partial charge in [0.2, 0.25) is 0 Å². The van der Waals surface area contributed by atoms with Gasteiger partial charge in [-0.05, 0) is 0 Å². The third-order valence-electron chi connectivity index (χ3n) is 1.80. The standard InChI is InChI=1S/C7H8N4O2/c8-4-1-9-6-5(7(12)13)2-10-11(6)3-4/h1-2,9H,3,8H2,(H,12,13). The first-order valence-electron chi connectivity index (χ1n) is 3.68. The zero-order valence-corrected chi connectivity index (χ0v) is 6.69. The number of carbonyl (C=O) groups is 1. The van der Waals surface area contributed by atoms with Crippen molar-refractivity contribution >= 4 is 11.8 Å². The van der Waals surface area contributed by atoms with Crippen molar-refractivity contribution in [2.75, 3.05) is 5.32 Å². The van der Waals surface area contributed by atoms with Crippen LogP contribution in [0, 0.1) is 0 Å². The van der Waals surface area contributed by atoms with E-state index in [-0.39, 0.29) is 5.56 Å². The van der Waals surface area contributed by atoms with E-state index in [1.165, 1.54) is 10.9 Å². The van der Waals surface area contributed by atoms with Crippen LogP contribution in [-0.4, -0.2) is 20.9 Å². The Kier molecular flexibility index (Phi) is 1.48. The van der Waals surface area contributed by atoms with Crippen LogP contribution in [0.2, 0.25) is 0 Å². The number of rotatable bonds is 1. The van der Waals surface area contributed by atoms with E-state index >= 15 is 0 Å². The highest BCUT2D eigenvalue weighted by molar-refractivity contribution is 5.93. The summed E-state index contributed by atoms with van der Waals surface area (Å²) in [6.45, 7) is 0.426. The molecule has 6 nitrogen and oxygen atoms in total. The third kappa shape index (κ3) is 1.12. The molecule has 6 heteroatoms. The van der Waals surface area contributed by atoms with E-state index < -0.39 is 5.97 Å². The van der Waals surface area contributed by atoms with Gasteiger partial charge in [0.25, 0.3) is 0 Å². The second-order valence-corrected chi connectivity index (χ2v) is 2.73. The number of aromatic carboxylic acids is 1. The van der Waals surface area contributed by atoms with Gasteiger partial charge in [0, 0.05) is 11.9 Å². The van der Waals surface area contributed by atoms with Crippen molar-refractivity contribution in [3.8, 4) is 0 Å². The lowest BCUT2D eigenvalue weighted by atomic mass is 10.3. The van der Waals surface area contributed by atoms with Gasteiger partial charge in [-0.3, -0.25) is 0 Å². The predicted molar refractivity (Wildman–Crippen MR) is 45.1 cm³/mol. The molecule has 0 saturated heterocycles. The number of hydrogen-bond acceptors (Lipinski definition) is 4. The molecule has 1 aromatic heterocycles. The van der Waals surface area contributed by atoms with Crippen molar-refractivity contribution in [1.29, 1.82) is 0 Å². The third-order valence-corrected chi connectivity index (χ3v) is 1.80. The quantitative estimate of drug-likeness (QED) is 0.556. The molecule has 0 aromatic carbocycles. The second-order valence-electron chi connectivity index (χ2n) is 2.73. The van der Waals surface area contributed by atoms with E-state index in [1.807, 2.05) is 0 Å². The molecule has 0 atom stereocenters. The summed E-state index contributed by atoms with van der Waals surface area (Å²) >= 11 is 0. The van der Waals surface area contributed by atoms with E-state index in [9.17, 15) is 4.79 Å². The van der Waals surface area contributed by atoms with Crippen molar-refractivity contribution in [2.24, 2.45) is 5.73 Å². The Morgan fingerprint density at radius 2 is 2.54 bits per heavy atom. The number of allylic oxidation sites excluding steroid dienone is 1. The SMILES string of the molecule is NC1=CNc2c(C(=O)O)cnn2C1. The van der Waals surface area contributed by atoms with E-state index in [0.717, 1.165) is 0 Å². The molecule has 13 heavy (non-hydrogen) atoms. The molecule has 4 N–H and O–H groups in total. The molecule has 0 fully saturated rings. The first-order chi connectivity index (χ1) is 6.18. The highest BCUT2D eigenvalue weighted by atomic mass is 16.4. The molecule has 1 aromatic rings. The summed E-state index contributed by atoms with van der Waals surface area (Å²) in [4.78, 5) is 10.7. The Hall–Kier alpha value is -1.98. The number of anilines is 1. The molecule has 0 unspecified atom stereocenters. The zero-order chi connectivity index (χ0) is 9.42. The number of carboxylic acids is 1. The van der Waals surface area contributed by atoms with E-state index in [4.69, 9.17) is 10.8 Å². The molecule has 0 saturated carbocycles. The van der Waals surface area contributed by atoms with Crippen LogP contribution in [0.4, 0.5) is 5.82 Å². The maximum absolute atomic E-state index is 10.7. The molecule has 1 aliphatic rings. The minimum atomic E-state index is -0.998. The Morgan fingerprint density at radius 1 is 1.77 bits per heavy atom. The van der Waals surface area contributed by atoms with Crippen molar-refractivity contribution in [2.45, 2.75) is 6.54 Å². The van der Waals surface area contributed by atoms with Crippen LogP contribution in [0.25, 0.3) is 0 Å². The van der Waals surface area contributed by atoms with Gasteiger partial charge in [0.1, 0.15) is 11.4 Å². The summed E-state index contributed by atoms with van der Waals surface area (Å²) in [5.41, 5.74) is 6.30. The Morgan fingerprint density at radius 3 is 3.23 bits per heavy atom. The van der Waals surface area contributed by atoms with Crippen molar-refractivity contribution < 1.29 is 9.90 Å². The molecule has 0 amide bonds. The Balaban J connectivity index is 2.44. The van der Waals surface area contributed by atoms with Gasteiger partial charge in [-0.15, -0.1) is 0 Å². The summed E-state index contributed by atoms with van der Waals surface area (Å²) in [5.74, 6) is -0.524. The minimum absolute atomic E-state index is 0.156. The van der Waals surface area contributed by atoms with E-state index in [0.29, 0.717) is 18.1 Å². The van der Waals surface area contributed by atoms with Crippen molar-refractivity contribution in [1.82, 2.24) is 9.78 Å². The summed E-state index contributed by atoms with van der Waals surface area (Å²) in [6, 6.07) is 0. The Labute approximate surface area is 73.6 Å². The highest BCUT2D eigenvalue weighted by Crippen LogP contribution is 2.18. The maximum Gasteiger partial charge on any atom is 0.341 e. The molecular weight excluding hydrogens is 172 g/mol. The van der Waals surface area contributed by atoms with Gasteiger partial charge in [-0.2, -0.15) is 5.10 Å². The van der Waals surface area contributed by atoms with E-state index in [1.54, 1.807) is 6.20 Å². The summed E-state index contributed by atoms with van der Waals surface area (Å²) in [5, 5.41) is 15.4. The highest BCUT2D eigenvalue weighted by Gasteiger charge is 2.18. The van der Waals surface area contributed by atoms with Gasteiger partial charge in [0.05, 0.1) is 12.7 Å². The van der Waals surface area contributed by atoms with Crippen LogP contribution in [0.1, 0.15) is 10.4 Å². The largest absolute Gasteiger partial charge is 0.477 e. The summed E-state index contributed by atoms with van der Waals surface area (Å²) < 4.78 is 1.51. The number of nitrogens with two attached hydrogens (primary N) is 1. The first-order valence-corrected chi connectivity index (χ1v) is 3.68. The number of aromatic nitrogens is 2. The fraction of sp³-hybridized carbons (Fsp3) is 0.143. The molecule has 2 heterocycles. The van der Waals surface area contributed by atoms with Crippen molar-refractivity contribution in [3.05, 3.63) is 23.7 Å². The van der Waals surface area contributed by atoms with E-state index in [2.05, 4.69) is 10.4 Å². The average molecular weight is 180 g/mol. The van der Waals surface area contributed by atoms with Crippen molar-refractivity contribution in [3.63, 3.8) is 0 Å². The van der Waals surface area contributed by atoms with Gasteiger partial charge in [0.15, 0.2) is 0 Å². The summed E-state index contributed by atoms with van der Waals surface area (Å²) in [7, 11) is 0. The van der Waals surface area contributed by atoms with Gasteiger partial charge in [-0.1, -0.05) is 0 Å². The molecule has 0 aliphatic carbocycles. The topological polar surface area (TPSA) is 93.2 Å². The smallest absolute Gasteiger partial charge is 0.341 e. The van der Waals surface area contributed by atoms with Crippen LogP contribution in [0.3, 0.4) is 0 Å². The van der Waals surface area contributed by atoms with Crippen LogP contribution in [-0.2, 0) is 6.54 Å². The van der Waals surface area contributed by atoms with Crippen LogP contribution < -0.4 is 11.1 Å². The second kappa shape index (κ2) is 2.51. The number of nitrogens with zero attached hydrogens (tertiary/aromatic N) is 2. The lowest BCUT2D eigenvalue weighted by molar-refractivity contribution is 0.0698. The van der Waals surface area contributed by atoms with Gasteiger partial charge < -0.3 is 16.2 Å². The predicted octanol–water partition coefficient (Wildman–Crippen LogP) is -0.193. The number of hydrogen-bond donors (Lipinski definition) is 3. The molecular formula is C7H8N4O2. The number of carboxylic acid groups (broad SMARTS) is 1. The lowest BCUT2D eigenvalue weighted by Crippen LogP contribution is -2.18. The molecule has 0 radical (unpaired) electrons. The van der Waals surface area contributed by atoms with Crippen LogP contribution in [0.15, 0.2) is 18.1 Å². The molecule has 1 aliphatic heterocycles. The minimum Gasteiger partial charge on any atom is -0.477 e.